The van der Waals surface area contributed by atoms with Crippen LogP contribution in [0.3, 0.4) is 0 Å². The van der Waals surface area contributed by atoms with E-state index in [-0.39, 0.29) is 65.8 Å². The summed E-state index contributed by atoms with van der Waals surface area (Å²) in [5.74, 6) is 0. The molecule has 0 bridgehead atoms. The molecule has 0 spiro atoms. The summed E-state index contributed by atoms with van der Waals surface area (Å²) in [4.78, 5) is 30.6. The predicted octanol–water partition coefficient (Wildman–Crippen LogP) is 19.5. The Balaban J connectivity index is 0.000000157. The number of anilines is 6. The molecule has 0 fully saturated rings. The molecular formula is C91H65KN6OS2. The van der Waals surface area contributed by atoms with Crippen molar-refractivity contribution in [3.05, 3.63) is 436 Å². The Morgan fingerprint density at radius 2 is 0.693 bits per heavy atom. The van der Waals surface area contributed by atoms with E-state index in [2.05, 4.69) is 348 Å². The van der Waals surface area contributed by atoms with E-state index in [1.165, 1.54) is 77.5 Å². The van der Waals surface area contributed by atoms with Gasteiger partial charge < -0.3 is 11.2 Å². The van der Waals surface area contributed by atoms with Crippen LogP contribution in [0, 0.1) is 0 Å². The van der Waals surface area contributed by atoms with E-state index in [1.807, 2.05) is 30.3 Å². The average Bonchev–Trinajstić information content (AvgIpc) is 1.33. The first-order valence-corrected chi connectivity index (χ1v) is 35.1. The monoisotopic (exact) mass is 1360 g/mol. The minimum Gasteiger partial charge on any atom is -1.00 e. The van der Waals surface area contributed by atoms with Crippen LogP contribution in [0.1, 0.15) is 70.1 Å². The van der Waals surface area contributed by atoms with Gasteiger partial charge in [-0.05, 0) is 134 Å². The van der Waals surface area contributed by atoms with Gasteiger partial charge in [0.2, 0.25) is 0 Å². The number of imidazole rings is 2. The largest absolute Gasteiger partial charge is 1.00 e. The topological polar surface area (TPSA) is 58.7 Å². The van der Waals surface area contributed by atoms with Gasteiger partial charge in [0.25, 0.3) is 5.56 Å². The molecule has 0 saturated heterocycles. The molecule has 0 aliphatic carbocycles. The summed E-state index contributed by atoms with van der Waals surface area (Å²) >= 11 is 3.31. The predicted molar refractivity (Wildman–Crippen MR) is 414 cm³/mol. The zero-order valence-corrected chi connectivity index (χ0v) is 59.3. The number of fused-ring (bicyclic) bond motifs is 12. The van der Waals surface area contributed by atoms with Crippen molar-refractivity contribution in [1.29, 1.82) is 0 Å². The smallest absolute Gasteiger partial charge is 1.00 e. The SMILES string of the molecule is C.O=c1c2ccc(N3c4ccccc4C(c4ccccc4)(c4ccccc4)c4ccccc43)cc2sc2nc3ccccc3n12.[H-].[K+].c1ccc(C2(c3ccccc3)c3ccccc3N(c3ccc4c(c3)Sc3nc5ccccc5n3C4(c3ccccc3)c3ccccc3)c3ccccc32)cc1. The number of hydrogen-bond acceptors (Lipinski definition) is 7. The van der Waals surface area contributed by atoms with Crippen LogP contribution < -0.4 is 66.7 Å². The number of hydrogen-bond donors (Lipinski definition) is 0. The second-order valence-corrected chi connectivity index (χ2v) is 27.5. The minimum absolute atomic E-state index is 0. The van der Waals surface area contributed by atoms with Crippen LogP contribution in [0.15, 0.2) is 379 Å². The van der Waals surface area contributed by atoms with Crippen molar-refractivity contribution in [3.8, 4) is 0 Å². The van der Waals surface area contributed by atoms with Gasteiger partial charge in [0.15, 0.2) is 10.1 Å². The third-order valence-electron chi connectivity index (χ3n) is 20.5. The number of nitrogens with zero attached hydrogens (tertiary/aromatic N) is 6. The fourth-order valence-electron chi connectivity index (χ4n) is 16.5. The van der Waals surface area contributed by atoms with Gasteiger partial charge in [-0.15, -0.1) is 0 Å². The minimum atomic E-state index is -0.652. The van der Waals surface area contributed by atoms with Crippen molar-refractivity contribution in [2.24, 2.45) is 0 Å². The van der Waals surface area contributed by atoms with Crippen molar-refractivity contribution in [2.75, 3.05) is 9.80 Å². The molecule has 10 heteroatoms. The normalized spacial score (nSPS) is 14.0. The van der Waals surface area contributed by atoms with Gasteiger partial charge in [0.05, 0.1) is 61.0 Å². The average molecular weight is 1360 g/mol. The third-order valence-corrected chi connectivity index (χ3v) is 22.5. The van der Waals surface area contributed by atoms with E-state index >= 15 is 0 Å². The van der Waals surface area contributed by atoms with Crippen LogP contribution in [-0.4, -0.2) is 18.9 Å². The van der Waals surface area contributed by atoms with Crippen LogP contribution in [0.25, 0.3) is 37.1 Å². The molecule has 0 amide bonds. The molecule has 0 atom stereocenters. The molecule has 3 aliphatic heterocycles. The van der Waals surface area contributed by atoms with Crippen molar-refractivity contribution >= 4 is 94.3 Å². The van der Waals surface area contributed by atoms with Crippen LogP contribution in [0.2, 0.25) is 0 Å². The second-order valence-electron chi connectivity index (χ2n) is 25.5. The molecular weight excluding hydrogens is 1300 g/mol. The zero-order valence-electron chi connectivity index (χ0n) is 55.5. The summed E-state index contributed by atoms with van der Waals surface area (Å²) in [6.45, 7) is 0. The van der Waals surface area contributed by atoms with Crippen molar-refractivity contribution in [1.82, 2.24) is 18.9 Å². The maximum atomic E-state index is 13.8. The maximum Gasteiger partial charge on any atom is 1.00 e. The molecule has 7 nitrogen and oxygen atoms in total. The Morgan fingerprint density at radius 1 is 0.337 bits per heavy atom. The van der Waals surface area contributed by atoms with Gasteiger partial charge in [-0.2, -0.15) is 0 Å². The summed E-state index contributed by atoms with van der Waals surface area (Å²) in [5, 5.41) is 1.67. The molecule has 3 aromatic heterocycles. The van der Waals surface area contributed by atoms with Crippen molar-refractivity contribution in [3.63, 3.8) is 0 Å². The Morgan fingerprint density at radius 3 is 1.14 bits per heavy atom. The van der Waals surface area contributed by atoms with Crippen LogP contribution in [-0.2, 0) is 16.4 Å². The molecule has 101 heavy (non-hydrogen) atoms. The quantitative estimate of drug-likeness (QED) is 0.141. The van der Waals surface area contributed by atoms with E-state index in [0.717, 1.165) is 54.7 Å². The number of aromatic nitrogens is 4. The Labute approximate surface area is 638 Å². The van der Waals surface area contributed by atoms with E-state index in [4.69, 9.17) is 9.97 Å². The first-order valence-electron chi connectivity index (χ1n) is 33.5. The summed E-state index contributed by atoms with van der Waals surface area (Å²) in [6.07, 6.45) is 0. The molecule has 0 saturated carbocycles. The van der Waals surface area contributed by atoms with E-state index in [1.54, 1.807) is 27.5 Å². The van der Waals surface area contributed by atoms with E-state index < -0.39 is 16.4 Å². The summed E-state index contributed by atoms with van der Waals surface area (Å²) in [7, 11) is 0. The van der Waals surface area contributed by atoms with E-state index in [0.29, 0.717) is 10.3 Å². The molecule has 14 aromatic carbocycles. The molecule has 0 radical (unpaired) electrons. The number of benzene rings is 14. The standard InChI is InChI=1S/C51H35N3S.C39H25N3OS.CH4.K.H/c1-5-19-36(20-6-1)50(37-21-7-2-8-22-37)41-27-13-16-30-45(41)53(46-31-17-14-28-42(46)50)40-33-34-43-48(35-40)55-49-52-44-29-15-18-32-47(44)54(49)51(43,38-23-9-3-10-24-38)39-25-11-4-12-26-39;43-37-29-24-23-28(25-36(29)44-38-40-32-19-9-12-22-35(32)42(37)38)41-33-20-10-7-17-30(33)39(26-13-3-1-4-14-26,27-15-5-2-6-16-27)31-18-8-11-21-34(31)41;;;/h1-35H;1-25H;1H4;;/q;;;+1;-1. The molecule has 6 heterocycles. The molecule has 3 aliphatic rings. The molecule has 0 N–H and O–H groups in total. The van der Waals surface area contributed by atoms with Gasteiger partial charge in [-0.25, -0.2) is 14.4 Å². The van der Waals surface area contributed by atoms with Gasteiger partial charge in [-0.1, -0.05) is 316 Å². The number of para-hydroxylation sites is 8. The molecule has 20 rings (SSSR count). The second kappa shape index (κ2) is 25.9. The first-order chi connectivity index (χ1) is 49.0. The fraction of sp³-hybridized carbons (Fsp3) is 0.0440. The van der Waals surface area contributed by atoms with Crippen LogP contribution >= 0.6 is 23.1 Å². The maximum absolute atomic E-state index is 13.8. The van der Waals surface area contributed by atoms with Crippen LogP contribution in [0.4, 0.5) is 34.1 Å². The fourth-order valence-corrected chi connectivity index (χ4v) is 18.8. The number of rotatable bonds is 8. The Kier molecular flexibility index (Phi) is 16.4. The summed E-state index contributed by atoms with van der Waals surface area (Å²) in [5.41, 5.74) is 22.2. The molecule has 478 valence electrons. The summed E-state index contributed by atoms with van der Waals surface area (Å²) in [6, 6.07) is 131. The van der Waals surface area contributed by atoms with E-state index in [9.17, 15) is 4.79 Å². The van der Waals surface area contributed by atoms with Gasteiger partial charge in [-0.3, -0.25) is 9.36 Å². The van der Waals surface area contributed by atoms with Gasteiger partial charge >= 0.3 is 51.4 Å². The first kappa shape index (κ1) is 63.9. The molecule has 0 unspecified atom stereocenters. The van der Waals surface area contributed by atoms with Gasteiger partial charge in [0.1, 0.15) is 5.54 Å². The van der Waals surface area contributed by atoms with Crippen LogP contribution in [0.5, 0.6) is 0 Å². The summed E-state index contributed by atoms with van der Waals surface area (Å²) < 4.78 is 5.12. The van der Waals surface area contributed by atoms with Crippen molar-refractivity contribution in [2.45, 2.75) is 33.8 Å². The zero-order chi connectivity index (χ0) is 65.7. The molecule has 17 aromatic rings. The Hall–Kier alpha value is -10.5. The Bertz CT molecular complexity index is 5820. The van der Waals surface area contributed by atoms with Gasteiger partial charge in [0, 0.05) is 26.5 Å². The van der Waals surface area contributed by atoms with Crippen molar-refractivity contribution < 1.29 is 52.8 Å². The third kappa shape index (κ3) is 9.72.